The van der Waals surface area contributed by atoms with E-state index in [0.29, 0.717) is 17.9 Å². The molecule has 0 amide bonds. The first-order chi connectivity index (χ1) is 12.1. The van der Waals surface area contributed by atoms with Crippen LogP contribution in [0.2, 0.25) is 0 Å². The van der Waals surface area contributed by atoms with Crippen molar-refractivity contribution in [2.75, 3.05) is 25.1 Å². The number of rotatable bonds is 4. The maximum absolute atomic E-state index is 14.0. The van der Waals surface area contributed by atoms with E-state index < -0.39 is 0 Å². The monoisotopic (exact) mass is 342 g/mol. The zero-order valence-corrected chi connectivity index (χ0v) is 14.9. The molecule has 2 bridgehead atoms. The van der Waals surface area contributed by atoms with Crippen LogP contribution >= 0.6 is 0 Å². The van der Waals surface area contributed by atoms with Gasteiger partial charge in [0, 0.05) is 55.2 Å². The summed E-state index contributed by atoms with van der Waals surface area (Å²) in [7, 11) is 1.70. The van der Waals surface area contributed by atoms with Gasteiger partial charge in [-0.1, -0.05) is 0 Å². The van der Waals surface area contributed by atoms with Crippen LogP contribution in [-0.2, 0) is 6.54 Å². The molecule has 2 fully saturated rings. The highest BCUT2D eigenvalue weighted by molar-refractivity contribution is 5.45. The zero-order valence-electron chi connectivity index (χ0n) is 14.9. The van der Waals surface area contributed by atoms with E-state index in [4.69, 9.17) is 4.74 Å². The van der Waals surface area contributed by atoms with Gasteiger partial charge in [-0.3, -0.25) is 9.88 Å². The minimum atomic E-state index is -0.234. The van der Waals surface area contributed by atoms with Crippen LogP contribution in [0.15, 0.2) is 24.5 Å². The summed E-state index contributed by atoms with van der Waals surface area (Å²) in [5.41, 5.74) is 3.23. The molecule has 2 aliphatic rings. The molecule has 0 aromatic carbocycles. The summed E-state index contributed by atoms with van der Waals surface area (Å²) in [6.07, 6.45) is 4.59. The smallest absolute Gasteiger partial charge is 0.165 e. The van der Waals surface area contributed by atoms with E-state index >= 15 is 0 Å². The van der Waals surface area contributed by atoms with Gasteiger partial charge in [-0.05, 0) is 32.4 Å². The molecule has 2 aliphatic heterocycles. The molecule has 0 spiro atoms. The van der Waals surface area contributed by atoms with Crippen molar-refractivity contribution in [1.29, 1.82) is 0 Å². The molecule has 132 valence electrons. The van der Waals surface area contributed by atoms with Gasteiger partial charge < -0.3 is 9.64 Å². The fourth-order valence-corrected chi connectivity index (χ4v) is 4.21. The molecule has 6 heteroatoms. The number of methoxy groups -OCH3 is 1. The van der Waals surface area contributed by atoms with Gasteiger partial charge >= 0.3 is 0 Å². The maximum atomic E-state index is 14.0. The lowest BCUT2D eigenvalue weighted by Crippen LogP contribution is -2.46. The Labute approximate surface area is 147 Å². The van der Waals surface area contributed by atoms with Crippen molar-refractivity contribution in [3.05, 3.63) is 47.2 Å². The summed E-state index contributed by atoms with van der Waals surface area (Å²) in [5.74, 6) is 1.18. The Bertz CT molecular complexity index is 797. The molecule has 2 aromatic rings. The quantitative estimate of drug-likeness (QED) is 0.855. The number of pyridine rings is 2. The second-order valence-electron chi connectivity index (χ2n) is 6.98. The molecule has 0 saturated carbocycles. The Morgan fingerprint density at radius 2 is 2.08 bits per heavy atom. The summed E-state index contributed by atoms with van der Waals surface area (Å²) in [4.78, 5) is 13.4. The van der Waals surface area contributed by atoms with Crippen LogP contribution in [0.1, 0.15) is 23.2 Å². The van der Waals surface area contributed by atoms with Gasteiger partial charge in [-0.2, -0.15) is 0 Å². The molecule has 2 saturated heterocycles. The number of fused-ring (bicyclic) bond motifs is 2. The van der Waals surface area contributed by atoms with Gasteiger partial charge in [0.15, 0.2) is 11.6 Å². The van der Waals surface area contributed by atoms with Gasteiger partial charge in [-0.15, -0.1) is 0 Å². The average Bonchev–Trinajstić information content (AvgIpc) is 3.18. The predicted octanol–water partition coefficient (Wildman–Crippen LogP) is 2.70. The lowest BCUT2D eigenvalue weighted by atomic mass is 10.1. The van der Waals surface area contributed by atoms with Crippen molar-refractivity contribution in [2.45, 2.75) is 38.9 Å². The standard InChI is InChI=1S/C19H23FN4O/c1-12-8-22-17(13(2)18(12)25-3)11-23-9-15-7-14(23)10-24(15)19-16(20)5-4-6-21-19/h4-6,8,14-15H,7,9-11H2,1-3H3. The minimum Gasteiger partial charge on any atom is -0.496 e. The fraction of sp³-hybridized carbons (Fsp3) is 0.474. The number of aromatic nitrogens is 2. The molecular formula is C19H23FN4O. The van der Waals surface area contributed by atoms with Crippen molar-refractivity contribution in [3.8, 4) is 5.75 Å². The van der Waals surface area contributed by atoms with Gasteiger partial charge in [0.2, 0.25) is 0 Å². The first-order valence-electron chi connectivity index (χ1n) is 8.68. The number of nitrogens with zero attached hydrogens (tertiary/aromatic N) is 4. The Morgan fingerprint density at radius 3 is 2.76 bits per heavy atom. The molecule has 2 aromatic heterocycles. The number of hydrogen-bond acceptors (Lipinski definition) is 5. The van der Waals surface area contributed by atoms with E-state index in [1.807, 2.05) is 13.1 Å². The Balaban J connectivity index is 1.50. The first kappa shape index (κ1) is 16.3. The van der Waals surface area contributed by atoms with Gasteiger partial charge in [0.05, 0.1) is 12.8 Å². The van der Waals surface area contributed by atoms with Crippen LogP contribution in [0, 0.1) is 19.7 Å². The van der Waals surface area contributed by atoms with E-state index in [9.17, 15) is 4.39 Å². The van der Waals surface area contributed by atoms with Crippen molar-refractivity contribution in [3.63, 3.8) is 0 Å². The number of halogens is 1. The molecule has 2 atom stereocenters. The predicted molar refractivity (Wildman–Crippen MR) is 94.4 cm³/mol. The Kier molecular flexibility index (Phi) is 4.07. The third-order valence-electron chi connectivity index (χ3n) is 5.47. The van der Waals surface area contributed by atoms with Gasteiger partial charge in [0.1, 0.15) is 5.75 Å². The van der Waals surface area contributed by atoms with Crippen molar-refractivity contribution < 1.29 is 9.13 Å². The molecule has 0 aliphatic carbocycles. The molecule has 5 nitrogen and oxygen atoms in total. The lowest BCUT2D eigenvalue weighted by Gasteiger charge is -2.35. The van der Waals surface area contributed by atoms with E-state index in [2.05, 4.69) is 26.7 Å². The lowest BCUT2D eigenvalue weighted by molar-refractivity contribution is 0.226. The Hall–Kier alpha value is -2.21. The van der Waals surface area contributed by atoms with Crippen LogP contribution in [-0.4, -0.2) is 47.2 Å². The van der Waals surface area contributed by atoms with Gasteiger partial charge in [-0.25, -0.2) is 9.37 Å². The highest BCUT2D eigenvalue weighted by atomic mass is 19.1. The fourth-order valence-electron chi connectivity index (χ4n) is 4.21. The van der Waals surface area contributed by atoms with E-state index in [-0.39, 0.29) is 5.82 Å². The van der Waals surface area contributed by atoms with Crippen molar-refractivity contribution in [2.24, 2.45) is 0 Å². The highest BCUT2D eigenvalue weighted by Gasteiger charge is 2.44. The molecular weight excluding hydrogens is 319 g/mol. The summed E-state index contributed by atoms with van der Waals surface area (Å²) in [5, 5.41) is 0. The van der Waals surface area contributed by atoms with Crippen LogP contribution in [0.4, 0.5) is 10.2 Å². The third-order valence-corrected chi connectivity index (χ3v) is 5.47. The molecule has 0 radical (unpaired) electrons. The number of ether oxygens (including phenoxy) is 1. The summed E-state index contributed by atoms with van der Waals surface area (Å²) < 4.78 is 19.6. The molecule has 0 N–H and O–H groups in total. The van der Waals surface area contributed by atoms with E-state index in [1.54, 1.807) is 19.4 Å². The van der Waals surface area contributed by atoms with E-state index in [1.165, 1.54) is 6.07 Å². The second kappa shape index (κ2) is 6.26. The number of anilines is 1. The van der Waals surface area contributed by atoms with Crippen LogP contribution in [0.5, 0.6) is 5.75 Å². The normalized spacial score (nSPS) is 22.6. The summed E-state index contributed by atoms with van der Waals surface area (Å²) in [6, 6.07) is 3.86. The number of likely N-dealkylation sites (tertiary alicyclic amines) is 1. The van der Waals surface area contributed by atoms with Crippen molar-refractivity contribution in [1.82, 2.24) is 14.9 Å². The van der Waals surface area contributed by atoms with Crippen LogP contribution < -0.4 is 9.64 Å². The maximum Gasteiger partial charge on any atom is 0.165 e. The molecule has 4 heterocycles. The summed E-state index contributed by atoms with van der Waals surface area (Å²) >= 11 is 0. The molecule has 4 rings (SSSR count). The zero-order chi connectivity index (χ0) is 17.6. The SMILES string of the molecule is COc1c(C)cnc(CN2CC3CC2CN3c2ncccc2F)c1C. The highest BCUT2D eigenvalue weighted by Crippen LogP contribution is 2.36. The molecule has 25 heavy (non-hydrogen) atoms. The van der Waals surface area contributed by atoms with Crippen LogP contribution in [0.3, 0.4) is 0 Å². The third kappa shape index (κ3) is 2.74. The van der Waals surface area contributed by atoms with Crippen molar-refractivity contribution >= 4 is 5.82 Å². The average molecular weight is 342 g/mol. The second-order valence-corrected chi connectivity index (χ2v) is 6.98. The van der Waals surface area contributed by atoms with E-state index in [0.717, 1.165) is 48.6 Å². The minimum absolute atomic E-state index is 0.234. The van der Waals surface area contributed by atoms with Crippen LogP contribution in [0.25, 0.3) is 0 Å². The number of aryl methyl sites for hydroxylation is 1. The summed E-state index contributed by atoms with van der Waals surface area (Å²) in [6.45, 7) is 6.62. The van der Waals surface area contributed by atoms with Gasteiger partial charge in [0.25, 0.3) is 0 Å². The molecule has 2 unspecified atom stereocenters. The Morgan fingerprint density at radius 1 is 1.24 bits per heavy atom. The topological polar surface area (TPSA) is 41.5 Å². The number of hydrogen-bond donors (Lipinski definition) is 0. The largest absolute Gasteiger partial charge is 0.496 e. The first-order valence-corrected chi connectivity index (χ1v) is 8.68. The number of piperazine rings is 1.